The molecule has 3 amide bonds. The lowest BCUT2D eigenvalue weighted by atomic mass is 9.85. The second-order valence-electron chi connectivity index (χ2n) is 23.1. The van der Waals surface area contributed by atoms with E-state index in [4.69, 9.17) is 19.4 Å². The highest BCUT2D eigenvalue weighted by atomic mass is 32.1. The van der Waals surface area contributed by atoms with Crippen molar-refractivity contribution in [2.75, 3.05) is 50.9 Å². The molecule has 2 bridgehead atoms. The number of phenols is 1. The zero-order chi connectivity index (χ0) is 54.6. The largest absolute Gasteiger partial charge is 0.508 e. The Morgan fingerprint density at radius 3 is 2.51 bits per heavy atom. The number of fused-ring (bicyclic) bond motifs is 5. The quantitative estimate of drug-likeness (QED) is 0.0601. The van der Waals surface area contributed by atoms with Crippen molar-refractivity contribution in [3.05, 3.63) is 89.2 Å². The average Bonchev–Trinajstić information content (AvgIpc) is 4.32. The van der Waals surface area contributed by atoms with Gasteiger partial charge >= 0.3 is 6.01 Å². The third kappa shape index (κ3) is 10.6. The van der Waals surface area contributed by atoms with E-state index in [1.165, 1.54) is 35.4 Å². The molecule has 5 N–H and O–H groups in total. The molecule has 0 aliphatic carbocycles. The van der Waals surface area contributed by atoms with Crippen molar-refractivity contribution in [2.24, 2.45) is 5.41 Å². The smallest absolute Gasteiger partial charge is 0.319 e. The van der Waals surface area contributed by atoms with E-state index in [2.05, 4.69) is 35.7 Å². The van der Waals surface area contributed by atoms with Crippen LogP contribution >= 0.6 is 11.3 Å². The fourth-order valence-corrected chi connectivity index (χ4v) is 13.5. The lowest BCUT2D eigenvalue weighted by molar-refractivity contribution is -0.144. The molecule has 6 aromatic rings. The molecular formula is C58H68F2N10O7S. The SMILES string of the molecule is Cc1ncsc1-c1ccc([C@H](C)NC(=O)[C@@H]2C[C@@H](O)CN2C(=O)[C@@H](NC(=O)CCOC[C@H]2CC[C@@]3(COc4nc(N5CC6CCC(C5)N6)c5cnc(-c6cc(O)cc7cccc(F)c67)c(F)c5n4)CCCN23)C(C)(C)C)cc1. The van der Waals surface area contributed by atoms with Gasteiger partial charge in [0.05, 0.1) is 52.4 Å². The summed E-state index contributed by atoms with van der Waals surface area (Å²) < 4.78 is 45.3. The van der Waals surface area contributed by atoms with Crippen LogP contribution in [0, 0.1) is 24.0 Å². The number of thiazole rings is 1. The highest BCUT2D eigenvalue weighted by molar-refractivity contribution is 7.13. The number of carbonyl (C=O) groups is 3. The molecule has 412 valence electrons. The topological polar surface area (TPSA) is 208 Å². The number of aromatic nitrogens is 4. The van der Waals surface area contributed by atoms with E-state index in [-0.39, 0.29) is 108 Å². The van der Waals surface area contributed by atoms with Gasteiger partial charge in [-0.2, -0.15) is 9.97 Å². The first-order valence-corrected chi connectivity index (χ1v) is 28.2. The summed E-state index contributed by atoms with van der Waals surface area (Å²) in [5.74, 6) is -2.14. The average molecular weight is 1090 g/mol. The molecule has 20 heteroatoms. The number of amides is 3. The van der Waals surface area contributed by atoms with Crippen LogP contribution in [-0.2, 0) is 19.1 Å². The first-order valence-electron chi connectivity index (χ1n) is 27.3. The number of nitrogens with zero attached hydrogens (tertiary/aromatic N) is 7. The molecule has 2 unspecified atom stereocenters. The van der Waals surface area contributed by atoms with Crippen LogP contribution in [0.15, 0.2) is 66.3 Å². The number of aromatic hydroxyl groups is 1. The Bertz CT molecular complexity index is 3240. The Labute approximate surface area is 456 Å². The van der Waals surface area contributed by atoms with Crippen LogP contribution in [0.4, 0.5) is 14.6 Å². The summed E-state index contributed by atoms with van der Waals surface area (Å²) in [6, 6.07) is 13.5. The van der Waals surface area contributed by atoms with Crippen molar-refractivity contribution in [3.63, 3.8) is 0 Å². The number of β-amino-alcohol motifs (C(OH)–C–C–N with tert-alkyl or cyclic N) is 1. The number of rotatable bonds is 16. The monoisotopic (exact) mass is 1090 g/mol. The van der Waals surface area contributed by atoms with Crippen LogP contribution < -0.4 is 25.6 Å². The van der Waals surface area contributed by atoms with Crippen molar-refractivity contribution in [2.45, 2.75) is 134 Å². The number of halogens is 2. The number of phenolic OH excluding ortho intramolecular Hbond substituents is 1. The summed E-state index contributed by atoms with van der Waals surface area (Å²) in [5.41, 5.74) is 3.59. The molecule has 0 radical (unpaired) electrons. The number of pyridine rings is 1. The molecule has 0 spiro atoms. The molecule has 11 rings (SSSR count). The Kier molecular flexibility index (Phi) is 14.9. The number of benzene rings is 3. The molecule has 0 saturated carbocycles. The molecule has 3 aromatic heterocycles. The minimum atomic E-state index is -0.973. The van der Waals surface area contributed by atoms with E-state index in [0.29, 0.717) is 36.3 Å². The molecule has 8 atom stereocenters. The van der Waals surface area contributed by atoms with Gasteiger partial charge in [0.1, 0.15) is 47.3 Å². The van der Waals surface area contributed by atoms with Gasteiger partial charge in [-0.1, -0.05) is 57.2 Å². The molecule has 8 heterocycles. The fourth-order valence-electron chi connectivity index (χ4n) is 12.7. The van der Waals surface area contributed by atoms with Crippen LogP contribution in [0.5, 0.6) is 11.8 Å². The molecule has 17 nitrogen and oxygen atoms in total. The Morgan fingerprint density at radius 2 is 1.77 bits per heavy atom. The highest BCUT2D eigenvalue weighted by Crippen LogP contribution is 2.44. The van der Waals surface area contributed by atoms with E-state index in [0.717, 1.165) is 66.8 Å². The second-order valence-corrected chi connectivity index (χ2v) is 24.0. The maximum atomic E-state index is 17.1. The van der Waals surface area contributed by atoms with Crippen LogP contribution in [0.1, 0.15) is 96.4 Å². The van der Waals surface area contributed by atoms with Crippen molar-refractivity contribution >= 4 is 56.6 Å². The summed E-state index contributed by atoms with van der Waals surface area (Å²) >= 11 is 1.57. The number of anilines is 1. The number of likely N-dealkylation sites (tertiary alicyclic amines) is 1. The minimum Gasteiger partial charge on any atom is -0.508 e. The van der Waals surface area contributed by atoms with Gasteiger partial charge < -0.3 is 45.4 Å². The predicted molar refractivity (Wildman–Crippen MR) is 293 cm³/mol. The third-order valence-electron chi connectivity index (χ3n) is 16.7. The Hall–Kier alpha value is -6.45. The summed E-state index contributed by atoms with van der Waals surface area (Å²) in [4.78, 5) is 67.3. The molecular weight excluding hydrogens is 1020 g/mol. The van der Waals surface area contributed by atoms with Crippen LogP contribution in [-0.4, -0.2) is 146 Å². The summed E-state index contributed by atoms with van der Waals surface area (Å²) in [7, 11) is 0. The van der Waals surface area contributed by atoms with Gasteiger partial charge in [0.25, 0.3) is 0 Å². The first kappa shape index (κ1) is 53.5. The number of piperazine rings is 1. The van der Waals surface area contributed by atoms with Gasteiger partial charge in [-0.15, -0.1) is 11.3 Å². The maximum Gasteiger partial charge on any atom is 0.319 e. The van der Waals surface area contributed by atoms with Crippen molar-refractivity contribution < 1.29 is 42.9 Å². The van der Waals surface area contributed by atoms with Gasteiger partial charge in [-0.25, -0.2) is 13.8 Å². The zero-order valence-electron chi connectivity index (χ0n) is 44.7. The normalized spacial score (nSPS) is 24.0. The van der Waals surface area contributed by atoms with Gasteiger partial charge in [-0.3, -0.25) is 24.3 Å². The summed E-state index contributed by atoms with van der Waals surface area (Å²) in [6.45, 7) is 12.3. The fraction of sp³-hybridized carbons (Fsp3) is 0.500. The van der Waals surface area contributed by atoms with E-state index in [9.17, 15) is 24.6 Å². The lowest BCUT2D eigenvalue weighted by Gasteiger charge is -2.35. The molecule has 3 aromatic carbocycles. The number of aliphatic hydroxyl groups is 1. The van der Waals surface area contributed by atoms with Gasteiger partial charge in [-0.05, 0) is 99.0 Å². The number of ether oxygens (including phenoxy) is 2. The van der Waals surface area contributed by atoms with E-state index >= 15 is 8.78 Å². The lowest BCUT2D eigenvalue weighted by Crippen LogP contribution is -2.58. The van der Waals surface area contributed by atoms with Gasteiger partial charge in [0.2, 0.25) is 17.7 Å². The second kappa shape index (κ2) is 21.6. The number of aryl methyl sites for hydroxylation is 1. The van der Waals surface area contributed by atoms with Gasteiger partial charge in [0.15, 0.2) is 5.82 Å². The molecule has 5 aliphatic heterocycles. The van der Waals surface area contributed by atoms with Crippen molar-refractivity contribution in [1.29, 1.82) is 0 Å². The van der Waals surface area contributed by atoms with Crippen molar-refractivity contribution in [3.8, 4) is 33.5 Å². The molecule has 5 aliphatic rings. The zero-order valence-corrected chi connectivity index (χ0v) is 45.5. The Morgan fingerprint density at radius 1 is 0.987 bits per heavy atom. The highest BCUT2D eigenvalue weighted by Gasteiger charge is 2.50. The van der Waals surface area contributed by atoms with E-state index in [1.54, 1.807) is 17.4 Å². The number of hydrogen-bond donors (Lipinski definition) is 5. The van der Waals surface area contributed by atoms with E-state index < -0.39 is 41.1 Å². The number of hydrogen-bond acceptors (Lipinski definition) is 15. The third-order valence-corrected chi connectivity index (χ3v) is 17.7. The van der Waals surface area contributed by atoms with Crippen LogP contribution in [0.2, 0.25) is 0 Å². The van der Waals surface area contributed by atoms with Crippen LogP contribution in [0.25, 0.3) is 43.4 Å². The number of nitrogens with one attached hydrogen (secondary N) is 3. The molecule has 5 saturated heterocycles. The minimum absolute atomic E-state index is 0.00679. The molecule has 5 fully saturated rings. The predicted octanol–water partition coefficient (Wildman–Crippen LogP) is 7.35. The maximum absolute atomic E-state index is 17.1. The Balaban J connectivity index is 0.722. The van der Waals surface area contributed by atoms with Crippen molar-refractivity contribution in [1.82, 2.24) is 45.7 Å². The summed E-state index contributed by atoms with van der Waals surface area (Å²) in [5, 5.41) is 32.0. The molecule has 78 heavy (non-hydrogen) atoms. The number of aliphatic hydroxyl groups excluding tert-OH is 1. The summed E-state index contributed by atoms with van der Waals surface area (Å²) in [6.07, 6.45) is 6.23. The van der Waals surface area contributed by atoms with Crippen LogP contribution in [0.3, 0.4) is 0 Å². The number of carbonyl (C=O) groups excluding carboxylic acids is 3. The first-order chi connectivity index (χ1) is 37.4. The van der Waals surface area contributed by atoms with E-state index in [1.807, 2.05) is 64.4 Å². The van der Waals surface area contributed by atoms with Gasteiger partial charge in [0, 0.05) is 67.7 Å². The standard InChI is InChI=1S/C58H68F2N10O7S/c1-32(34-10-12-35(13-11-34)51-33(2)62-31-78-51)63-54(74)45-24-41(72)28-69(45)55(75)52(57(3,4)5)65-46(73)17-21-76-29-39-16-19-58(18-7-20-70(39)58)30-77-56-66-50-43(53(67-56)68-26-37-14-15-38(27-68)64-37)25-61-49(48(50)60)42-23-40(71)22-36-8-6-9-44(59)47(36)42/h6,8-13,22-23,25,31-32,37-39,41,45,52,64,71-72H,7,14-21,24,26-30H2,1-5H3,(H,63,74)(H,65,73)/t32-,37?,38?,39+,41+,45-,52+,58+/m0/s1.